The van der Waals surface area contributed by atoms with Gasteiger partial charge in [0.1, 0.15) is 5.52 Å². The lowest BCUT2D eigenvalue weighted by Crippen LogP contribution is -2.28. The van der Waals surface area contributed by atoms with E-state index < -0.39 is 0 Å². The molecule has 1 amide bonds. The van der Waals surface area contributed by atoms with Gasteiger partial charge < -0.3 is 16.4 Å². The van der Waals surface area contributed by atoms with Gasteiger partial charge in [-0.1, -0.05) is 36.6 Å². The average Bonchev–Trinajstić information content (AvgIpc) is 3.43. The van der Waals surface area contributed by atoms with Crippen molar-refractivity contribution in [2.45, 2.75) is 63.5 Å². The van der Waals surface area contributed by atoms with Crippen molar-refractivity contribution in [1.82, 2.24) is 19.5 Å². The van der Waals surface area contributed by atoms with Crippen molar-refractivity contribution >= 4 is 46.3 Å². The van der Waals surface area contributed by atoms with Crippen LogP contribution in [0.1, 0.15) is 57.4 Å². The predicted octanol–water partition coefficient (Wildman–Crippen LogP) is 4.79. The Balaban J connectivity index is 1.51. The van der Waals surface area contributed by atoms with Gasteiger partial charge in [-0.05, 0) is 50.7 Å². The number of hydrogen-bond acceptors (Lipinski definition) is 6. The van der Waals surface area contributed by atoms with Crippen LogP contribution in [0, 0.1) is 5.92 Å². The molecular weight excluding hydrogens is 426 g/mol. The van der Waals surface area contributed by atoms with Gasteiger partial charge in [0, 0.05) is 18.0 Å². The Labute approximate surface area is 192 Å². The number of anilines is 3. The maximum Gasteiger partial charge on any atom is 0.224 e. The van der Waals surface area contributed by atoms with Gasteiger partial charge >= 0.3 is 0 Å². The molecule has 1 aromatic carbocycles. The molecule has 0 bridgehead atoms. The van der Waals surface area contributed by atoms with Crippen LogP contribution >= 0.6 is 11.6 Å². The first kappa shape index (κ1) is 21.0. The second-order valence-corrected chi connectivity index (χ2v) is 9.25. The number of primary amides is 1. The number of halogens is 1. The molecule has 9 heteroatoms. The van der Waals surface area contributed by atoms with E-state index >= 15 is 0 Å². The number of amides is 1. The van der Waals surface area contributed by atoms with Crippen LogP contribution in [0.5, 0.6) is 0 Å². The topological polar surface area (TPSA) is 111 Å². The van der Waals surface area contributed by atoms with E-state index in [1.54, 1.807) is 6.20 Å². The lowest BCUT2D eigenvalue weighted by molar-refractivity contribution is -0.122. The largest absolute Gasteiger partial charge is 0.369 e. The molecule has 2 aromatic heterocycles. The van der Waals surface area contributed by atoms with Gasteiger partial charge in [0.25, 0.3) is 0 Å². The minimum atomic E-state index is -0.210. The Hall–Kier alpha value is -2.87. The third kappa shape index (κ3) is 4.24. The molecule has 0 unspecified atom stereocenters. The van der Waals surface area contributed by atoms with Crippen molar-refractivity contribution in [3.8, 4) is 0 Å². The highest BCUT2D eigenvalue weighted by Gasteiger charge is 2.29. The zero-order chi connectivity index (χ0) is 22.1. The van der Waals surface area contributed by atoms with Crippen LogP contribution in [-0.2, 0) is 4.79 Å². The number of para-hydroxylation sites is 1. The molecule has 0 saturated heterocycles. The Kier molecular flexibility index (Phi) is 5.87. The summed E-state index contributed by atoms with van der Waals surface area (Å²) in [6.07, 6.45) is 9.78. The Morgan fingerprint density at radius 2 is 1.81 bits per heavy atom. The first-order chi connectivity index (χ1) is 15.6. The fraction of sp³-hybridized carbons (Fsp3) is 0.478. The SMILES string of the molecule is NC(=O)C1CCC(n2c(Nc3ccccc3Cl)nc3cnc(NC4CCCC4)nc32)CC1. The molecule has 168 valence electrons. The summed E-state index contributed by atoms with van der Waals surface area (Å²) in [5, 5.41) is 7.50. The van der Waals surface area contributed by atoms with Crippen LogP contribution in [0.25, 0.3) is 11.2 Å². The summed E-state index contributed by atoms with van der Waals surface area (Å²) in [6.45, 7) is 0. The Bertz CT molecular complexity index is 1120. The fourth-order valence-corrected chi connectivity index (χ4v) is 5.13. The number of aromatic nitrogens is 4. The van der Waals surface area contributed by atoms with Gasteiger partial charge in [-0.25, -0.2) is 9.97 Å². The van der Waals surface area contributed by atoms with Crippen molar-refractivity contribution in [2.24, 2.45) is 11.7 Å². The number of fused-ring (bicyclic) bond motifs is 1. The number of benzene rings is 1. The van der Waals surface area contributed by atoms with E-state index in [-0.39, 0.29) is 17.9 Å². The van der Waals surface area contributed by atoms with Gasteiger partial charge in [-0.2, -0.15) is 4.98 Å². The molecule has 3 aromatic rings. The second-order valence-electron chi connectivity index (χ2n) is 8.85. The molecule has 32 heavy (non-hydrogen) atoms. The van der Waals surface area contributed by atoms with Crippen molar-refractivity contribution in [2.75, 3.05) is 10.6 Å². The van der Waals surface area contributed by atoms with Crippen LogP contribution in [0.15, 0.2) is 30.5 Å². The fourth-order valence-electron chi connectivity index (χ4n) is 4.95. The lowest BCUT2D eigenvalue weighted by atomic mass is 9.85. The molecule has 2 saturated carbocycles. The minimum Gasteiger partial charge on any atom is -0.369 e. The highest BCUT2D eigenvalue weighted by Crippen LogP contribution is 2.37. The van der Waals surface area contributed by atoms with Crippen molar-refractivity contribution in [1.29, 1.82) is 0 Å². The van der Waals surface area contributed by atoms with E-state index in [0.29, 0.717) is 23.0 Å². The van der Waals surface area contributed by atoms with Gasteiger partial charge in [-0.15, -0.1) is 0 Å². The van der Waals surface area contributed by atoms with Crippen LogP contribution < -0.4 is 16.4 Å². The molecule has 0 aliphatic heterocycles. The molecular formula is C23H28ClN7O. The normalized spacial score (nSPS) is 21.7. The smallest absolute Gasteiger partial charge is 0.224 e. The van der Waals surface area contributed by atoms with Crippen molar-refractivity contribution in [3.63, 3.8) is 0 Å². The van der Waals surface area contributed by atoms with Crippen LogP contribution in [-0.4, -0.2) is 31.5 Å². The third-order valence-electron chi connectivity index (χ3n) is 6.71. The molecule has 5 rings (SSSR count). The summed E-state index contributed by atoms with van der Waals surface area (Å²) in [4.78, 5) is 25.8. The van der Waals surface area contributed by atoms with Crippen molar-refractivity contribution in [3.05, 3.63) is 35.5 Å². The third-order valence-corrected chi connectivity index (χ3v) is 7.04. The number of hydrogen-bond donors (Lipinski definition) is 3. The van der Waals surface area contributed by atoms with Crippen LogP contribution in [0.2, 0.25) is 5.02 Å². The summed E-state index contributed by atoms with van der Waals surface area (Å²) in [6, 6.07) is 8.19. The number of nitrogens with two attached hydrogens (primary N) is 1. The van der Waals surface area contributed by atoms with E-state index in [1.807, 2.05) is 24.3 Å². The van der Waals surface area contributed by atoms with E-state index in [4.69, 9.17) is 27.3 Å². The number of carbonyl (C=O) groups is 1. The van der Waals surface area contributed by atoms with Crippen molar-refractivity contribution < 1.29 is 4.79 Å². The maximum absolute atomic E-state index is 11.7. The highest BCUT2D eigenvalue weighted by atomic mass is 35.5. The van der Waals surface area contributed by atoms with Gasteiger partial charge in [0.15, 0.2) is 5.65 Å². The standard InChI is InChI=1S/C23H28ClN7O/c24-17-7-3-4-8-18(17)28-23-29-19-13-26-22(27-15-5-1-2-6-15)30-21(19)31(23)16-11-9-14(10-12-16)20(25)32/h3-4,7-8,13-16H,1-2,5-6,9-12H2,(H2,25,32)(H,28,29)(H,26,27,30). The highest BCUT2D eigenvalue weighted by molar-refractivity contribution is 6.33. The maximum atomic E-state index is 11.7. The van der Waals surface area contributed by atoms with Crippen LogP contribution in [0.3, 0.4) is 0 Å². The summed E-state index contributed by atoms with van der Waals surface area (Å²) in [5.74, 6) is 1.05. The molecule has 0 radical (unpaired) electrons. The van der Waals surface area contributed by atoms with E-state index in [0.717, 1.165) is 55.4 Å². The molecule has 2 heterocycles. The molecule has 8 nitrogen and oxygen atoms in total. The summed E-state index contributed by atoms with van der Waals surface area (Å²) in [7, 11) is 0. The molecule has 2 fully saturated rings. The Morgan fingerprint density at radius 1 is 1.06 bits per heavy atom. The molecule has 2 aliphatic rings. The van der Waals surface area contributed by atoms with E-state index in [9.17, 15) is 4.79 Å². The number of imidazole rings is 1. The second kappa shape index (κ2) is 8.94. The lowest BCUT2D eigenvalue weighted by Gasteiger charge is -2.29. The molecule has 0 atom stereocenters. The number of rotatable bonds is 6. The Morgan fingerprint density at radius 3 is 2.53 bits per heavy atom. The zero-order valence-electron chi connectivity index (χ0n) is 17.9. The van der Waals surface area contributed by atoms with Gasteiger partial charge in [0.05, 0.1) is 16.9 Å². The molecule has 2 aliphatic carbocycles. The number of carbonyl (C=O) groups excluding carboxylic acids is 1. The quantitative estimate of drug-likeness (QED) is 0.494. The monoisotopic (exact) mass is 453 g/mol. The first-order valence-electron chi connectivity index (χ1n) is 11.4. The zero-order valence-corrected chi connectivity index (χ0v) is 18.7. The van der Waals surface area contributed by atoms with E-state index in [1.165, 1.54) is 12.8 Å². The van der Waals surface area contributed by atoms with Gasteiger partial charge in [0.2, 0.25) is 17.8 Å². The molecule has 0 spiro atoms. The number of nitrogens with zero attached hydrogens (tertiary/aromatic N) is 4. The molecule has 4 N–H and O–H groups in total. The predicted molar refractivity (Wildman–Crippen MR) is 126 cm³/mol. The minimum absolute atomic E-state index is 0.0600. The average molecular weight is 454 g/mol. The summed E-state index contributed by atoms with van der Waals surface area (Å²) < 4.78 is 2.15. The van der Waals surface area contributed by atoms with E-state index in [2.05, 4.69) is 20.2 Å². The van der Waals surface area contributed by atoms with Crippen LogP contribution in [0.4, 0.5) is 17.6 Å². The first-order valence-corrected chi connectivity index (χ1v) is 11.8. The number of nitrogens with one attached hydrogen (secondary N) is 2. The van der Waals surface area contributed by atoms with Gasteiger partial charge in [-0.3, -0.25) is 9.36 Å². The summed E-state index contributed by atoms with van der Waals surface area (Å²) >= 11 is 6.40. The summed E-state index contributed by atoms with van der Waals surface area (Å²) in [5.41, 5.74) is 7.86.